The van der Waals surface area contributed by atoms with Gasteiger partial charge in [0, 0.05) is 24.7 Å². The van der Waals surface area contributed by atoms with E-state index in [1.165, 1.54) is 27.0 Å². The van der Waals surface area contributed by atoms with E-state index in [2.05, 4.69) is 10.6 Å². The van der Waals surface area contributed by atoms with Crippen LogP contribution in [0.3, 0.4) is 0 Å². The first kappa shape index (κ1) is 15.7. The molecule has 0 aromatic heterocycles. The van der Waals surface area contributed by atoms with Gasteiger partial charge in [0.25, 0.3) is 5.91 Å². The number of aliphatic carboxylic acids is 1. The van der Waals surface area contributed by atoms with E-state index in [-0.39, 0.29) is 12.3 Å². The number of carbonyl (C=O) groups is 3. The van der Waals surface area contributed by atoms with Gasteiger partial charge in [-0.2, -0.15) is 0 Å². The van der Waals surface area contributed by atoms with Gasteiger partial charge in [-0.15, -0.1) is 0 Å². The van der Waals surface area contributed by atoms with E-state index >= 15 is 0 Å². The molecule has 0 saturated carbocycles. The van der Waals surface area contributed by atoms with E-state index in [4.69, 9.17) is 5.11 Å². The fraction of sp³-hybridized carbons (Fsp3) is 0.357. The molecule has 6 heteroatoms. The summed E-state index contributed by atoms with van der Waals surface area (Å²) in [6.45, 7) is 2.96. The van der Waals surface area contributed by atoms with Crippen LogP contribution in [0.2, 0.25) is 0 Å². The van der Waals surface area contributed by atoms with Crippen molar-refractivity contribution in [2.75, 3.05) is 12.4 Å². The summed E-state index contributed by atoms with van der Waals surface area (Å²) in [5.41, 5.74) is -0.261. The molecule has 108 valence electrons. The number of hydrogen-bond acceptors (Lipinski definition) is 3. The molecular weight excluding hydrogens is 260 g/mol. The minimum absolute atomic E-state index is 0.146. The lowest BCUT2D eigenvalue weighted by Crippen LogP contribution is -2.29. The summed E-state index contributed by atoms with van der Waals surface area (Å²) in [5, 5.41) is 14.0. The Labute approximate surface area is 117 Å². The van der Waals surface area contributed by atoms with Gasteiger partial charge in [0.05, 0.1) is 5.41 Å². The normalized spacial score (nSPS) is 10.8. The van der Waals surface area contributed by atoms with Crippen molar-refractivity contribution < 1.29 is 19.5 Å². The Balaban J connectivity index is 2.76. The number of hydrogen-bond donors (Lipinski definition) is 3. The van der Waals surface area contributed by atoms with E-state index in [9.17, 15) is 14.4 Å². The van der Waals surface area contributed by atoms with Crippen LogP contribution in [0.5, 0.6) is 0 Å². The molecule has 0 aliphatic carbocycles. The maximum Gasteiger partial charge on any atom is 0.309 e. The SMILES string of the molecule is CNC(=O)c1cccc(NC(=O)CC(C)(C)C(=O)O)c1. The van der Waals surface area contributed by atoms with Crippen LogP contribution in [0, 0.1) is 5.41 Å². The first-order valence-electron chi connectivity index (χ1n) is 6.11. The molecule has 0 atom stereocenters. The molecule has 0 aliphatic rings. The van der Waals surface area contributed by atoms with Crippen LogP contribution >= 0.6 is 0 Å². The van der Waals surface area contributed by atoms with E-state index in [0.29, 0.717) is 11.3 Å². The van der Waals surface area contributed by atoms with E-state index in [0.717, 1.165) is 0 Å². The minimum Gasteiger partial charge on any atom is -0.481 e. The standard InChI is InChI=1S/C14H18N2O4/c1-14(2,13(19)20)8-11(17)16-10-6-4-5-9(7-10)12(18)15-3/h4-7H,8H2,1-3H3,(H,15,18)(H,16,17)(H,19,20). The number of carboxylic acid groups (broad SMARTS) is 1. The zero-order valence-electron chi connectivity index (χ0n) is 11.7. The molecule has 0 heterocycles. The van der Waals surface area contributed by atoms with Gasteiger partial charge in [-0.3, -0.25) is 14.4 Å². The number of benzene rings is 1. The summed E-state index contributed by atoms with van der Waals surface area (Å²) in [6, 6.07) is 6.43. The van der Waals surface area contributed by atoms with Crippen molar-refractivity contribution in [3.8, 4) is 0 Å². The highest BCUT2D eigenvalue weighted by molar-refractivity contribution is 5.97. The van der Waals surface area contributed by atoms with E-state index < -0.39 is 17.3 Å². The number of carbonyl (C=O) groups excluding carboxylic acids is 2. The zero-order chi connectivity index (χ0) is 15.3. The average molecular weight is 278 g/mol. The summed E-state index contributed by atoms with van der Waals surface area (Å²) in [7, 11) is 1.52. The van der Waals surface area contributed by atoms with Crippen LogP contribution in [0.15, 0.2) is 24.3 Å². The largest absolute Gasteiger partial charge is 0.481 e. The Kier molecular flexibility index (Phi) is 4.85. The van der Waals surface area contributed by atoms with Crippen molar-refractivity contribution in [2.24, 2.45) is 5.41 Å². The van der Waals surface area contributed by atoms with Gasteiger partial charge in [-0.05, 0) is 32.0 Å². The van der Waals surface area contributed by atoms with Crippen LogP contribution in [0.25, 0.3) is 0 Å². The monoisotopic (exact) mass is 278 g/mol. The molecule has 0 spiro atoms. The lowest BCUT2D eigenvalue weighted by atomic mass is 9.89. The van der Waals surface area contributed by atoms with Crippen molar-refractivity contribution >= 4 is 23.5 Å². The van der Waals surface area contributed by atoms with Crippen molar-refractivity contribution in [1.29, 1.82) is 0 Å². The number of anilines is 1. The predicted molar refractivity (Wildman–Crippen MR) is 74.5 cm³/mol. The lowest BCUT2D eigenvalue weighted by Gasteiger charge is -2.18. The Bertz CT molecular complexity index is 538. The third kappa shape index (κ3) is 4.08. The number of carboxylic acids is 1. The topological polar surface area (TPSA) is 95.5 Å². The smallest absolute Gasteiger partial charge is 0.309 e. The number of nitrogens with one attached hydrogen (secondary N) is 2. The molecule has 0 bridgehead atoms. The second-order valence-corrected chi connectivity index (χ2v) is 5.07. The van der Waals surface area contributed by atoms with Crippen LogP contribution in [0.4, 0.5) is 5.69 Å². The molecule has 3 N–H and O–H groups in total. The van der Waals surface area contributed by atoms with Crippen molar-refractivity contribution in [1.82, 2.24) is 5.32 Å². The van der Waals surface area contributed by atoms with Gasteiger partial charge in [0.15, 0.2) is 0 Å². The van der Waals surface area contributed by atoms with E-state index in [1.54, 1.807) is 18.2 Å². The fourth-order valence-corrected chi connectivity index (χ4v) is 1.56. The molecule has 0 unspecified atom stereocenters. The molecule has 0 radical (unpaired) electrons. The maximum atomic E-state index is 11.8. The Morgan fingerprint density at radius 3 is 2.45 bits per heavy atom. The summed E-state index contributed by atoms with van der Waals surface area (Å²) < 4.78 is 0. The Hall–Kier alpha value is -2.37. The van der Waals surface area contributed by atoms with Crippen LogP contribution in [0.1, 0.15) is 30.6 Å². The molecule has 6 nitrogen and oxygen atoms in total. The number of amides is 2. The maximum absolute atomic E-state index is 11.8. The molecule has 0 saturated heterocycles. The molecule has 1 aromatic carbocycles. The van der Waals surface area contributed by atoms with Crippen molar-refractivity contribution in [2.45, 2.75) is 20.3 Å². The fourth-order valence-electron chi connectivity index (χ4n) is 1.56. The summed E-state index contributed by atoms with van der Waals surface area (Å²) >= 11 is 0. The third-order valence-electron chi connectivity index (χ3n) is 2.82. The van der Waals surface area contributed by atoms with Gasteiger partial charge in [-0.1, -0.05) is 6.07 Å². The molecular formula is C14H18N2O4. The Morgan fingerprint density at radius 2 is 1.90 bits per heavy atom. The first-order chi connectivity index (χ1) is 9.26. The molecule has 1 rings (SSSR count). The summed E-state index contributed by atoms with van der Waals surface area (Å²) in [4.78, 5) is 34.2. The van der Waals surface area contributed by atoms with Gasteiger partial charge < -0.3 is 15.7 Å². The van der Waals surface area contributed by atoms with Crippen LogP contribution < -0.4 is 10.6 Å². The van der Waals surface area contributed by atoms with Gasteiger partial charge in [-0.25, -0.2) is 0 Å². The highest BCUT2D eigenvalue weighted by Crippen LogP contribution is 2.21. The quantitative estimate of drug-likeness (QED) is 0.760. The van der Waals surface area contributed by atoms with Crippen molar-refractivity contribution in [3.05, 3.63) is 29.8 Å². The second kappa shape index (κ2) is 6.18. The zero-order valence-corrected chi connectivity index (χ0v) is 11.7. The minimum atomic E-state index is -1.14. The van der Waals surface area contributed by atoms with Gasteiger partial charge in [0.1, 0.15) is 0 Å². The predicted octanol–water partition coefficient (Wildman–Crippen LogP) is 1.49. The van der Waals surface area contributed by atoms with E-state index in [1.807, 2.05) is 0 Å². The second-order valence-electron chi connectivity index (χ2n) is 5.07. The molecule has 0 aliphatic heterocycles. The molecule has 1 aromatic rings. The summed E-state index contributed by atoms with van der Waals surface area (Å²) in [6.07, 6.45) is -0.146. The molecule has 20 heavy (non-hydrogen) atoms. The highest BCUT2D eigenvalue weighted by Gasteiger charge is 2.30. The summed E-state index contributed by atoms with van der Waals surface area (Å²) in [5.74, 6) is -1.70. The average Bonchev–Trinajstić information content (AvgIpc) is 2.37. The highest BCUT2D eigenvalue weighted by atomic mass is 16.4. The van der Waals surface area contributed by atoms with Gasteiger partial charge >= 0.3 is 5.97 Å². The number of rotatable bonds is 5. The first-order valence-corrected chi connectivity index (χ1v) is 6.11. The van der Waals surface area contributed by atoms with Crippen LogP contribution in [-0.4, -0.2) is 29.9 Å². The third-order valence-corrected chi connectivity index (χ3v) is 2.82. The molecule has 2 amide bonds. The van der Waals surface area contributed by atoms with Crippen LogP contribution in [-0.2, 0) is 9.59 Å². The lowest BCUT2D eigenvalue weighted by molar-refractivity contribution is -0.148. The Morgan fingerprint density at radius 1 is 1.25 bits per heavy atom. The molecule has 0 fully saturated rings. The van der Waals surface area contributed by atoms with Gasteiger partial charge in [0.2, 0.25) is 5.91 Å². The van der Waals surface area contributed by atoms with Crippen molar-refractivity contribution in [3.63, 3.8) is 0 Å².